The molecule has 5 heteroatoms. The molecular formula is C18H25ClN2O2. The normalized spacial score (nSPS) is 10.3. The summed E-state index contributed by atoms with van der Waals surface area (Å²) in [5.41, 5.74) is 1.90. The van der Waals surface area contributed by atoms with Gasteiger partial charge in [0.15, 0.2) is 0 Å². The van der Waals surface area contributed by atoms with E-state index in [1.807, 2.05) is 32.0 Å². The highest BCUT2D eigenvalue weighted by atomic mass is 35.5. The number of aryl methyl sites for hydroxylation is 2. The largest absolute Gasteiger partial charge is 0.310 e. The number of nitrogens with one attached hydrogen (secondary N) is 1. The first-order valence-corrected chi connectivity index (χ1v) is 8.53. The third-order valence-corrected chi connectivity index (χ3v) is 3.59. The van der Waals surface area contributed by atoms with Crippen LogP contribution in [-0.4, -0.2) is 15.2 Å². The number of halogens is 1. The zero-order chi connectivity index (χ0) is 17.2. The number of nitrogens with zero attached hydrogens (tertiary/aromatic N) is 1. The van der Waals surface area contributed by atoms with Crippen molar-refractivity contribution in [3.8, 4) is 0 Å². The molecule has 1 aromatic carbocycles. The van der Waals surface area contributed by atoms with Crippen molar-refractivity contribution in [3.63, 3.8) is 0 Å². The first-order valence-electron chi connectivity index (χ1n) is 8.15. The highest BCUT2D eigenvalue weighted by molar-refractivity contribution is 6.63. The van der Waals surface area contributed by atoms with Crippen molar-refractivity contribution < 1.29 is 4.79 Å². The molecule has 0 unspecified atom stereocenters. The number of carbonyl (C=O) groups is 1. The van der Waals surface area contributed by atoms with Crippen LogP contribution in [0.1, 0.15) is 57.3 Å². The van der Waals surface area contributed by atoms with Crippen molar-refractivity contribution in [2.45, 2.75) is 59.3 Å². The van der Waals surface area contributed by atoms with Gasteiger partial charge in [-0.05, 0) is 49.1 Å². The molecule has 4 nitrogen and oxygen atoms in total. The van der Waals surface area contributed by atoms with Crippen molar-refractivity contribution >= 4 is 27.7 Å². The Bertz CT molecular complexity index is 695. The Morgan fingerprint density at radius 3 is 2.48 bits per heavy atom. The molecule has 0 aliphatic rings. The van der Waals surface area contributed by atoms with E-state index in [4.69, 9.17) is 11.6 Å². The van der Waals surface area contributed by atoms with Crippen LogP contribution in [0.15, 0.2) is 23.0 Å². The summed E-state index contributed by atoms with van der Waals surface area (Å²) in [7, 11) is 0. The Labute approximate surface area is 142 Å². The molecular weight excluding hydrogens is 312 g/mol. The fraction of sp³-hybridized carbons (Fsp3) is 0.500. The van der Waals surface area contributed by atoms with E-state index >= 15 is 0 Å². The second-order valence-electron chi connectivity index (χ2n) is 5.60. The SMILES string of the molecule is CCCCC(=O)Cl.CCCCc1nc2cc(C)ccc2c(=O)[nH]1. The summed E-state index contributed by atoms with van der Waals surface area (Å²) in [5, 5.41) is 0.452. The lowest BCUT2D eigenvalue weighted by atomic mass is 10.1. The Morgan fingerprint density at radius 1 is 1.22 bits per heavy atom. The minimum atomic E-state index is -0.221. The van der Waals surface area contributed by atoms with E-state index in [2.05, 4.69) is 16.9 Å². The van der Waals surface area contributed by atoms with Gasteiger partial charge in [0, 0.05) is 12.8 Å². The lowest BCUT2D eigenvalue weighted by Gasteiger charge is -2.02. The maximum absolute atomic E-state index is 11.8. The van der Waals surface area contributed by atoms with Gasteiger partial charge < -0.3 is 4.98 Å². The molecule has 23 heavy (non-hydrogen) atoms. The number of carbonyl (C=O) groups excluding carboxylic acids is 1. The first-order chi connectivity index (χ1) is 11.0. The fourth-order valence-electron chi connectivity index (χ4n) is 2.08. The maximum Gasteiger partial charge on any atom is 0.258 e. The molecule has 0 amide bonds. The smallest absolute Gasteiger partial charge is 0.258 e. The van der Waals surface area contributed by atoms with E-state index in [1.165, 1.54) is 0 Å². The molecule has 1 N–H and O–H groups in total. The zero-order valence-electron chi connectivity index (χ0n) is 14.1. The van der Waals surface area contributed by atoms with Crippen molar-refractivity contribution in [2.24, 2.45) is 0 Å². The fourth-order valence-corrected chi connectivity index (χ4v) is 2.21. The van der Waals surface area contributed by atoms with Gasteiger partial charge in [-0.25, -0.2) is 4.98 Å². The molecule has 0 atom stereocenters. The molecule has 0 aliphatic heterocycles. The quantitative estimate of drug-likeness (QED) is 0.789. The van der Waals surface area contributed by atoms with E-state index in [9.17, 15) is 9.59 Å². The van der Waals surface area contributed by atoms with Gasteiger partial charge >= 0.3 is 0 Å². The van der Waals surface area contributed by atoms with Gasteiger partial charge in [0.05, 0.1) is 10.9 Å². The monoisotopic (exact) mass is 336 g/mol. The highest BCUT2D eigenvalue weighted by Crippen LogP contribution is 2.10. The van der Waals surface area contributed by atoms with E-state index in [0.717, 1.165) is 49.0 Å². The lowest BCUT2D eigenvalue weighted by molar-refractivity contribution is -0.111. The Kier molecular flexibility index (Phi) is 8.56. The van der Waals surface area contributed by atoms with Crippen molar-refractivity contribution in [3.05, 3.63) is 39.9 Å². The number of hydrogen-bond acceptors (Lipinski definition) is 3. The third-order valence-electron chi connectivity index (χ3n) is 3.41. The zero-order valence-corrected chi connectivity index (χ0v) is 14.9. The summed E-state index contributed by atoms with van der Waals surface area (Å²) < 4.78 is 0. The van der Waals surface area contributed by atoms with Crippen LogP contribution < -0.4 is 5.56 Å². The second-order valence-corrected chi connectivity index (χ2v) is 6.02. The summed E-state index contributed by atoms with van der Waals surface area (Å²) in [4.78, 5) is 29.1. The average Bonchev–Trinajstić information content (AvgIpc) is 2.51. The van der Waals surface area contributed by atoms with Gasteiger partial charge in [0.25, 0.3) is 5.56 Å². The molecule has 0 radical (unpaired) electrons. The van der Waals surface area contributed by atoms with Crippen molar-refractivity contribution in [1.82, 2.24) is 9.97 Å². The molecule has 0 fully saturated rings. The molecule has 0 bridgehead atoms. The van der Waals surface area contributed by atoms with Crippen LogP contribution in [-0.2, 0) is 11.2 Å². The second kappa shape index (κ2) is 10.2. The van der Waals surface area contributed by atoms with Crippen LogP contribution in [0.4, 0.5) is 0 Å². The van der Waals surface area contributed by atoms with Crippen molar-refractivity contribution in [2.75, 3.05) is 0 Å². The Morgan fingerprint density at radius 2 is 1.91 bits per heavy atom. The summed E-state index contributed by atoms with van der Waals surface area (Å²) in [6, 6.07) is 5.73. The van der Waals surface area contributed by atoms with Crippen LogP contribution in [0, 0.1) is 6.92 Å². The summed E-state index contributed by atoms with van der Waals surface area (Å²) >= 11 is 5.02. The summed E-state index contributed by atoms with van der Waals surface area (Å²) in [6.45, 7) is 6.16. The molecule has 2 rings (SSSR count). The van der Waals surface area contributed by atoms with Gasteiger partial charge in [0.1, 0.15) is 5.82 Å². The minimum absolute atomic E-state index is 0.0314. The van der Waals surface area contributed by atoms with E-state index in [0.29, 0.717) is 11.8 Å². The van der Waals surface area contributed by atoms with Crippen LogP contribution in [0.5, 0.6) is 0 Å². The van der Waals surface area contributed by atoms with Crippen LogP contribution in [0.2, 0.25) is 0 Å². The van der Waals surface area contributed by atoms with Gasteiger partial charge in [-0.1, -0.05) is 32.8 Å². The lowest BCUT2D eigenvalue weighted by Crippen LogP contribution is -2.11. The van der Waals surface area contributed by atoms with Crippen LogP contribution in [0.25, 0.3) is 10.9 Å². The number of aromatic nitrogens is 2. The topological polar surface area (TPSA) is 62.8 Å². The number of rotatable bonds is 6. The number of fused-ring (bicyclic) bond motifs is 1. The van der Waals surface area contributed by atoms with E-state index in [-0.39, 0.29) is 10.8 Å². The minimum Gasteiger partial charge on any atom is -0.310 e. The van der Waals surface area contributed by atoms with Gasteiger partial charge in [-0.15, -0.1) is 0 Å². The number of hydrogen-bond donors (Lipinski definition) is 1. The molecule has 0 aliphatic carbocycles. The molecule has 0 saturated heterocycles. The predicted octanol–water partition coefficient (Wildman–Crippen LogP) is 4.52. The Hall–Kier alpha value is -1.68. The number of aromatic amines is 1. The number of benzene rings is 1. The van der Waals surface area contributed by atoms with Gasteiger partial charge in [0.2, 0.25) is 5.24 Å². The average molecular weight is 337 g/mol. The highest BCUT2D eigenvalue weighted by Gasteiger charge is 2.03. The summed E-state index contributed by atoms with van der Waals surface area (Å²) in [5.74, 6) is 0.796. The van der Waals surface area contributed by atoms with E-state index in [1.54, 1.807) is 0 Å². The molecule has 126 valence electrons. The summed E-state index contributed by atoms with van der Waals surface area (Å²) in [6.07, 6.45) is 5.49. The van der Waals surface area contributed by atoms with Crippen LogP contribution >= 0.6 is 11.6 Å². The number of H-pyrrole nitrogens is 1. The third kappa shape index (κ3) is 6.95. The molecule has 2 aromatic rings. The van der Waals surface area contributed by atoms with Crippen molar-refractivity contribution in [1.29, 1.82) is 0 Å². The van der Waals surface area contributed by atoms with E-state index < -0.39 is 0 Å². The maximum atomic E-state index is 11.8. The molecule has 0 saturated carbocycles. The molecule has 1 aromatic heterocycles. The van der Waals surface area contributed by atoms with Crippen LogP contribution in [0.3, 0.4) is 0 Å². The molecule has 0 spiro atoms. The first kappa shape index (κ1) is 19.4. The molecule has 1 heterocycles. The Balaban J connectivity index is 0.000000322. The standard InChI is InChI=1S/C13H16N2O.C5H9ClO/c1-3-4-5-12-14-11-8-9(2)6-7-10(11)13(16)15-12;1-2-3-4-5(6)7/h6-8H,3-5H2,1-2H3,(H,14,15,16);2-4H2,1H3. The van der Waals surface area contributed by atoms with Gasteiger partial charge in [-0.2, -0.15) is 0 Å². The number of unbranched alkanes of at least 4 members (excludes halogenated alkanes) is 2. The van der Waals surface area contributed by atoms with Gasteiger partial charge in [-0.3, -0.25) is 9.59 Å². The predicted molar refractivity (Wildman–Crippen MR) is 96.1 cm³/mol.